The number of amides is 2. The van der Waals surface area contributed by atoms with Gasteiger partial charge in [-0.3, -0.25) is 33.0 Å². The average molecular weight is 580 g/mol. The second-order valence-electron chi connectivity index (χ2n) is 10.3. The molecule has 1 atom stereocenters. The molecule has 13 heteroatoms. The zero-order valence-electron chi connectivity index (χ0n) is 22.5. The van der Waals surface area contributed by atoms with E-state index in [1.807, 2.05) is 44.7 Å². The van der Waals surface area contributed by atoms with Crippen LogP contribution in [0.1, 0.15) is 12.0 Å². The van der Waals surface area contributed by atoms with Gasteiger partial charge in [-0.25, -0.2) is 14.1 Å². The molecule has 4 heterocycles. The number of benzene rings is 2. The van der Waals surface area contributed by atoms with Gasteiger partial charge in [-0.2, -0.15) is 4.98 Å². The first-order valence-corrected chi connectivity index (χ1v) is 13.5. The number of anilines is 2. The number of imidazole rings is 1. The fourth-order valence-electron chi connectivity index (χ4n) is 5.62. The zero-order chi connectivity index (χ0) is 29.0. The third kappa shape index (κ3) is 4.52. The highest BCUT2D eigenvalue weighted by Gasteiger charge is 2.43. The van der Waals surface area contributed by atoms with Crippen molar-refractivity contribution in [2.45, 2.75) is 19.0 Å². The lowest BCUT2D eigenvalue weighted by Crippen LogP contribution is -2.53. The first-order chi connectivity index (χ1) is 19.7. The lowest BCUT2D eigenvalue weighted by atomic mass is 10.1. The van der Waals surface area contributed by atoms with Crippen molar-refractivity contribution in [3.63, 3.8) is 0 Å². The van der Waals surface area contributed by atoms with Crippen molar-refractivity contribution in [2.24, 2.45) is 14.1 Å². The van der Waals surface area contributed by atoms with Crippen molar-refractivity contribution in [1.82, 2.24) is 23.6 Å². The summed E-state index contributed by atoms with van der Waals surface area (Å²) in [6.07, 6.45) is 0.0124. The van der Waals surface area contributed by atoms with Crippen LogP contribution in [-0.2, 0) is 30.2 Å². The minimum Gasteiger partial charge on any atom is -0.340 e. The van der Waals surface area contributed by atoms with Crippen molar-refractivity contribution >= 4 is 46.2 Å². The average Bonchev–Trinajstić information content (AvgIpc) is 3.49. The second kappa shape index (κ2) is 10.3. The molecule has 2 aromatic carbocycles. The van der Waals surface area contributed by atoms with E-state index in [0.29, 0.717) is 49.8 Å². The molecule has 2 fully saturated rings. The van der Waals surface area contributed by atoms with Crippen molar-refractivity contribution < 1.29 is 14.0 Å². The fourth-order valence-corrected chi connectivity index (χ4v) is 5.80. The second-order valence-corrected chi connectivity index (χ2v) is 10.7. The Morgan fingerprint density at radius 3 is 2.34 bits per heavy atom. The number of imide groups is 1. The van der Waals surface area contributed by atoms with E-state index in [2.05, 4.69) is 0 Å². The fraction of sp³-hybridized carbons (Fsp3) is 0.321. The molecule has 1 unspecified atom stereocenters. The van der Waals surface area contributed by atoms with Gasteiger partial charge in [-0.05, 0) is 23.8 Å². The molecule has 0 bridgehead atoms. The first-order valence-electron chi connectivity index (χ1n) is 13.2. The minimum absolute atomic E-state index is 0.0124. The molecule has 4 aromatic rings. The van der Waals surface area contributed by atoms with Gasteiger partial charge in [0.05, 0.1) is 29.7 Å². The molecule has 0 spiro atoms. The Morgan fingerprint density at radius 1 is 0.951 bits per heavy atom. The van der Waals surface area contributed by atoms with Crippen molar-refractivity contribution in [3.05, 3.63) is 85.8 Å². The maximum atomic E-state index is 13.7. The monoisotopic (exact) mass is 579 g/mol. The predicted molar refractivity (Wildman–Crippen MR) is 152 cm³/mol. The van der Waals surface area contributed by atoms with Crippen LogP contribution in [-0.4, -0.2) is 67.6 Å². The van der Waals surface area contributed by atoms with Crippen LogP contribution in [0.25, 0.3) is 11.2 Å². The van der Waals surface area contributed by atoms with Gasteiger partial charge in [-0.15, -0.1) is 0 Å². The summed E-state index contributed by atoms with van der Waals surface area (Å²) >= 11 is 5.89. The van der Waals surface area contributed by atoms with Crippen LogP contribution in [0.3, 0.4) is 0 Å². The van der Waals surface area contributed by atoms with Crippen LogP contribution in [0.5, 0.6) is 0 Å². The van der Waals surface area contributed by atoms with Gasteiger partial charge < -0.3 is 4.90 Å². The number of halogens is 2. The van der Waals surface area contributed by atoms with Gasteiger partial charge in [0.2, 0.25) is 11.9 Å². The van der Waals surface area contributed by atoms with Crippen LogP contribution in [0, 0.1) is 5.82 Å². The van der Waals surface area contributed by atoms with E-state index in [9.17, 15) is 23.6 Å². The molecule has 11 nitrogen and oxygen atoms in total. The molecule has 2 aliphatic rings. The Labute approximate surface area is 238 Å². The van der Waals surface area contributed by atoms with Gasteiger partial charge in [0.1, 0.15) is 5.82 Å². The lowest BCUT2D eigenvalue weighted by Gasteiger charge is -2.37. The standard InChI is InChI=1S/C28H27ClFN7O4/c1-32-24-23(26(40)33(2)28(32)41)36(16-17-6-4-3-5-7-17)27(31-24)35-12-10-34(11-13-35)21-15-22(38)37(25(21)39)18-8-9-20(30)19(29)14-18/h3-9,14,21H,10-13,15-16H2,1-2H3. The molecule has 2 aromatic heterocycles. The molecule has 0 radical (unpaired) electrons. The summed E-state index contributed by atoms with van der Waals surface area (Å²) in [7, 11) is 3.04. The highest BCUT2D eigenvalue weighted by Crippen LogP contribution is 2.30. The van der Waals surface area contributed by atoms with Crippen LogP contribution in [0.2, 0.25) is 5.02 Å². The predicted octanol–water partition coefficient (Wildman–Crippen LogP) is 1.73. The first kappa shape index (κ1) is 26.9. The molecule has 212 valence electrons. The third-order valence-electron chi connectivity index (χ3n) is 7.83. The molecule has 2 amide bonds. The summed E-state index contributed by atoms with van der Waals surface area (Å²) in [6.45, 7) is 2.27. The SMILES string of the molecule is Cn1c(=O)c2c(nc(N3CCN(C4CC(=O)N(c5ccc(F)c(Cl)c5)C4=O)CC3)n2Cc2ccccc2)n(C)c1=O. The number of nitrogens with zero attached hydrogens (tertiary/aromatic N) is 7. The Morgan fingerprint density at radius 2 is 1.66 bits per heavy atom. The zero-order valence-corrected chi connectivity index (χ0v) is 23.2. The highest BCUT2D eigenvalue weighted by molar-refractivity contribution is 6.31. The number of fused-ring (bicyclic) bond motifs is 1. The quantitative estimate of drug-likeness (QED) is 0.332. The summed E-state index contributed by atoms with van der Waals surface area (Å²) < 4.78 is 17.9. The van der Waals surface area contributed by atoms with Gasteiger partial charge in [-0.1, -0.05) is 41.9 Å². The number of carbonyl (C=O) groups excluding carboxylic acids is 2. The molecule has 6 rings (SSSR count). The summed E-state index contributed by atoms with van der Waals surface area (Å²) in [5, 5.41) is -0.161. The van der Waals surface area contributed by atoms with E-state index in [-0.39, 0.29) is 28.9 Å². The summed E-state index contributed by atoms with van der Waals surface area (Å²) in [5.41, 5.74) is 0.970. The number of aromatic nitrogens is 4. The van der Waals surface area contributed by atoms with Gasteiger partial charge in [0.15, 0.2) is 11.2 Å². The Balaban J connectivity index is 1.28. The van der Waals surface area contributed by atoms with Crippen molar-refractivity contribution in [3.8, 4) is 0 Å². The number of rotatable bonds is 5. The number of hydrogen-bond donors (Lipinski definition) is 0. The molecule has 0 aliphatic carbocycles. The molecule has 0 saturated carbocycles. The van der Waals surface area contributed by atoms with Crippen LogP contribution in [0.15, 0.2) is 58.1 Å². The topological polar surface area (TPSA) is 106 Å². The van der Waals surface area contributed by atoms with E-state index in [4.69, 9.17) is 16.6 Å². The Hall–Kier alpha value is -4.29. The summed E-state index contributed by atoms with van der Waals surface area (Å²) in [6, 6.07) is 12.8. The largest absolute Gasteiger partial charge is 0.340 e. The summed E-state index contributed by atoms with van der Waals surface area (Å²) in [5.74, 6) is -0.816. The normalized spacial score (nSPS) is 18.2. The van der Waals surface area contributed by atoms with E-state index in [0.717, 1.165) is 21.1 Å². The third-order valence-corrected chi connectivity index (χ3v) is 8.12. The number of carbonyl (C=O) groups is 2. The van der Waals surface area contributed by atoms with E-state index in [1.54, 1.807) is 7.05 Å². The Bertz CT molecular complexity index is 1810. The van der Waals surface area contributed by atoms with Crippen LogP contribution >= 0.6 is 11.6 Å². The molecule has 2 saturated heterocycles. The summed E-state index contributed by atoms with van der Waals surface area (Å²) in [4.78, 5) is 61.8. The van der Waals surface area contributed by atoms with Crippen molar-refractivity contribution in [1.29, 1.82) is 0 Å². The molecular formula is C28H27ClFN7O4. The minimum atomic E-state index is -0.648. The smallest absolute Gasteiger partial charge is 0.332 e. The van der Waals surface area contributed by atoms with Gasteiger partial charge in [0.25, 0.3) is 11.5 Å². The van der Waals surface area contributed by atoms with Gasteiger partial charge in [0, 0.05) is 40.3 Å². The molecule has 2 aliphatic heterocycles. The maximum Gasteiger partial charge on any atom is 0.332 e. The van der Waals surface area contributed by atoms with Crippen LogP contribution in [0.4, 0.5) is 16.0 Å². The number of hydrogen-bond acceptors (Lipinski definition) is 7. The molecule has 41 heavy (non-hydrogen) atoms. The maximum absolute atomic E-state index is 13.7. The van der Waals surface area contributed by atoms with Crippen molar-refractivity contribution in [2.75, 3.05) is 36.0 Å². The number of aryl methyl sites for hydroxylation is 1. The number of piperazine rings is 1. The molecular weight excluding hydrogens is 553 g/mol. The Kier molecular flexibility index (Phi) is 6.74. The van der Waals surface area contributed by atoms with E-state index >= 15 is 0 Å². The molecule has 0 N–H and O–H groups in total. The lowest BCUT2D eigenvalue weighted by molar-refractivity contribution is -0.123. The van der Waals surface area contributed by atoms with Crippen LogP contribution < -0.4 is 21.0 Å². The highest BCUT2D eigenvalue weighted by atomic mass is 35.5. The van der Waals surface area contributed by atoms with E-state index < -0.39 is 23.1 Å². The van der Waals surface area contributed by atoms with Gasteiger partial charge >= 0.3 is 5.69 Å². The van der Waals surface area contributed by atoms with E-state index in [1.165, 1.54) is 23.7 Å².